The first-order chi connectivity index (χ1) is 8.58. The number of hydrogen-bond donors (Lipinski definition) is 4. The van der Waals surface area contributed by atoms with Crippen molar-refractivity contribution in [3.63, 3.8) is 0 Å². The molecule has 1 aromatic carbocycles. The summed E-state index contributed by atoms with van der Waals surface area (Å²) in [5.41, 5.74) is 11.9. The van der Waals surface area contributed by atoms with Crippen LogP contribution in [0.3, 0.4) is 0 Å². The number of nitrogens with two attached hydrogens (primary N) is 2. The van der Waals surface area contributed by atoms with Crippen LogP contribution in [0.25, 0.3) is 0 Å². The van der Waals surface area contributed by atoms with Gasteiger partial charge in [-0.3, -0.25) is 4.79 Å². The predicted octanol–water partition coefficient (Wildman–Crippen LogP) is -0.635. The number of nitrogens with one attached hydrogen (secondary N) is 1. The molecule has 7 heteroatoms. The van der Waals surface area contributed by atoms with Crippen molar-refractivity contribution in [3.8, 4) is 5.75 Å². The molecule has 0 aliphatic heterocycles. The van der Waals surface area contributed by atoms with E-state index in [1.54, 1.807) is 18.2 Å². The number of amidine groups is 1. The van der Waals surface area contributed by atoms with Crippen LogP contribution in [0.5, 0.6) is 5.75 Å². The van der Waals surface area contributed by atoms with E-state index in [4.69, 9.17) is 21.4 Å². The maximum absolute atomic E-state index is 10.6. The Morgan fingerprint density at radius 2 is 2.22 bits per heavy atom. The molecular weight excluding hydrogens is 236 g/mol. The van der Waals surface area contributed by atoms with Crippen molar-refractivity contribution in [1.82, 2.24) is 5.32 Å². The second-order valence-electron chi connectivity index (χ2n) is 3.58. The topological polar surface area (TPSA) is 123 Å². The van der Waals surface area contributed by atoms with Crippen LogP contribution in [-0.4, -0.2) is 30.6 Å². The molecule has 0 radical (unpaired) electrons. The number of primary amides is 1. The van der Waals surface area contributed by atoms with E-state index in [0.29, 0.717) is 17.9 Å². The van der Waals surface area contributed by atoms with Gasteiger partial charge in [-0.2, -0.15) is 0 Å². The molecule has 0 saturated heterocycles. The molecule has 98 valence electrons. The minimum atomic E-state index is -0.443. The lowest BCUT2D eigenvalue weighted by Gasteiger charge is -2.10. The van der Waals surface area contributed by atoms with Crippen LogP contribution in [0, 0.1) is 0 Å². The minimum Gasteiger partial charge on any atom is -0.496 e. The molecule has 0 aromatic heterocycles. The van der Waals surface area contributed by atoms with Gasteiger partial charge in [-0.15, -0.1) is 0 Å². The molecule has 1 rings (SSSR count). The number of oxime groups is 1. The van der Waals surface area contributed by atoms with Gasteiger partial charge in [-0.25, -0.2) is 0 Å². The van der Waals surface area contributed by atoms with E-state index in [9.17, 15) is 4.79 Å². The van der Waals surface area contributed by atoms with Gasteiger partial charge in [0, 0.05) is 17.7 Å². The van der Waals surface area contributed by atoms with E-state index in [-0.39, 0.29) is 12.4 Å². The van der Waals surface area contributed by atoms with Crippen LogP contribution in [-0.2, 0) is 11.3 Å². The van der Waals surface area contributed by atoms with Gasteiger partial charge in [0.2, 0.25) is 5.91 Å². The molecule has 0 spiro atoms. The van der Waals surface area contributed by atoms with Gasteiger partial charge in [0.25, 0.3) is 0 Å². The lowest BCUT2D eigenvalue weighted by Crippen LogP contribution is -2.28. The number of methoxy groups -OCH3 is 1. The second-order valence-corrected chi connectivity index (χ2v) is 3.58. The summed E-state index contributed by atoms with van der Waals surface area (Å²) in [7, 11) is 1.54. The van der Waals surface area contributed by atoms with E-state index < -0.39 is 5.91 Å². The van der Waals surface area contributed by atoms with Crippen molar-refractivity contribution >= 4 is 11.7 Å². The van der Waals surface area contributed by atoms with Gasteiger partial charge in [0.15, 0.2) is 5.84 Å². The summed E-state index contributed by atoms with van der Waals surface area (Å²) in [6, 6.07) is 5.09. The fraction of sp³-hybridized carbons (Fsp3) is 0.273. The lowest BCUT2D eigenvalue weighted by atomic mass is 10.1. The van der Waals surface area contributed by atoms with Crippen LogP contribution in [0.1, 0.15) is 11.1 Å². The first kappa shape index (κ1) is 13.8. The summed E-state index contributed by atoms with van der Waals surface area (Å²) in [6.45, 7) is 0.454. The van der Waals surface area contributed by atoms with Gasteiger partial charge in [-0.05, 0) is 18.2 Å². The van der Waals surface area contributed by atoms with Gasteiger partial charge in [0.05, 0.1) is 13.7 Å². The number of rotatable bonds is 6. The molecule has 0 heterocycles. The number of hydrogen-bond acceptors (Lipinski definition) is 5. The monoisotopic (exact) mass is 252 g/mol. The third kappa shape index (κ3) is 3.63. The summed E-state index contributed by atoms with van der Waals surface area (Å²) < 4.78 is 5.17. The quantitative estimate of drug-likeness (QED) is 0.232. The molecule has 0 aliphatic rings. The highest BCUT2D eigenvalue weighted by molar-refractivity contribution is 5.97. The van der Waals surface area contributed by atoms with Crippen molar-refractivity contribution in [3.05, 3.63) is 29.3 Å². The number of carbonyl (C=O) groups is 1. The molecule has 1 aromatic rings. The van der Waals surface area contributed by atoms with E-state index >= 15 is 0 Å². The van der Waals surface area contributed by atoms with Crippen molar-refractivity contribution in [1.29, 1.82) is 0 Å². The number of ether oxygens (including phenoxy) is 1. The summed E-state index contributed by atoms with van der Waals surface area (Å²) >= 11 is 0. The predicted molar refractivity (Wildman–Crippen MR) is 66.4 cm³/mol. The molecule has 0 aliphatic carbocycles. The zero-order valence-electron chi connectivity index (χ0n) is 10.0. The molecule has 0 atom stereocenters. The Labute approximate surface area is 104 Å². The van der Waals surface area contributed by atoms with Crippen LogP contribution in [0.15, 0.2) is 23.4 Å². The van der Waals surface area contributed by atoms with Crippen LogP contribution < -0.4 is 21.5 Å². The summed E-state index contributed by atoms with van der Waals surface area (Å²) in [4.78, 5) is 10.6. The lowest BCUT2D eigenvalue weighted by molar-refractivity contribution is -0.117. The highest BCUT2D eigenvalue weighted by Gasteiger charge is 2.07. The smallest absolute Gasteiger partial charge is 0.231 e. The largest absolute Gasteiger partial charge is 0.496 e. The molecule has 7 nitrogen and oxygen atoms in total. The zero-order chi connectivity index (χ0) is 13.5. The van der Waals surface area contributed by atoms with Crippen LogP contribution in [0.4, 0.5) is 0 Å². The Morgan fingerprint density at radius 1 is 1.50 bits per heavy atom. The Balaban J connectivity index is 2.88. The molecule has 0 unspecified atom stereocenters. The fourth-order valence-electron chi connectivity index (χ4n) is 1.45. The maximum Gasteiger partial charge on any atom is 0.231 e. The number of carbonyl (C=O) groups excluding carboxylic acids is 1. The van der Waals surface area contributed by atoms with Gasteiger partial charge >= 0.3 is 0 Å². The van der Waals surface area contributed by atoms with E-state index in [0.717, 1.165) is 5.56 Å². The number of amides is 1. The zero-order valence-corrected chi connectivity index (χ0v) is 10.0. The third-order valence-electron chi connectivity index (χ3n) is 2.30. The highest BCUT2D eigenvalue weighted by Crippen LogP contribution is 2.19. The summed E-state index contributed by atoms with van der Waals surface area (Å²) in [5.74, 6) is 0.205. The Hall–Kier alpha value is -2.28. The van der Waals surface area contributed by atoms with Gasteiger partial charge in [-0.1, -0.05) is 5.16 Å². The SMILES string of the molecule is COc1ccc(/C(N)=N/O)cc1CNCC(N)=O. The molecular formula is C11H16N4O3. The van der Waals surface area contributed by atoms with Crippen LogP contribution in [0.2, 0.25) is 0 Å². The van der Waals surface area contributed by atoms with Gasteiger partial charge in [0.1, 0.15) is 5.75 Å². The molecule has 1 amide bonds. The Kier molecular flexibility index (Phi) is 4.94. The number of benzene rings is 1. The summed E-state index contributed by atoms with van der Waals surface area (Å²) in [5, 5.41) is 14.4. The van der Waals surface area contributed by atoms with Crippen LogP contribution >= 0.6 is 0 Å². The fourth-order valence-corrected chi connectivity index (χ4v) is 1.45. The Morgan fingerprint density at radius 3 is 2.78 bits per heavy atom. The molecule has 6 N–H and O–H groups in total. The number of nitrogens with zero attached hydrogens (tertiary/aromatic N) is 1. The average molecular weight is 252 g/mol. The van der Waals surface area contributed by atoms with Crippen molar-refractivity contribution in [2.45, 2.75) is 6.54 Å². The molecule has 0 bridgehead atoms. The van der Waals surface area contributed by atoms with Crippen molar-refractivity contribution in [2.24, 2.45) is 16.6 Å². The first-order valence-corrected chi connectivity index (χ1v) is 5.22. The van der Waals surface area contributed by atoms with Gasteiger partial charge < -0.3 is 26.7 Å². The second kappa shape index (κ2) is 6.45. The normalized spacial score (nSPS) is 11.3. The van der Waals surface area contributed by atoms with E-state index in [2.05, 4.69) is 10.5 Å². The van der Waals surface area contributed by atoms with E-state index in [1.807, 2.05) is 0 Å². The Bertz CT molecular complexity index is 460. The average Bonchev–Trinajstić information content (AvgIpc) is 2.37. The molecule has 0 saturated carbocycles. The molecule has 0 fully saturated rings. The third-order valence-corrected chi connectivity index (χ3v) is 2.30. The van der Waals surface area contributed by atoms with E-state index in [1.165, 1.54) is 7.11 Å². The maximum atomic E-state index is 10.6. The minimum absolute atomic E-state index is 0.00815. The summed E-state index contributed by atoms with van der Waals surface area (Å²) in [6.07, 6.45) is 0. The van der Waals surface area contributed by atoms with Crippen molar-refractivity contribution < 1.29 is 14.7 Å². The standard InChI is InChI=1S/C11H16N4O3/c1-18-9-3-2-7(11(13)15-17)4-8(9)5-14-6-10(12)16/h2-4,14,17H,5-6H2,1H3,(H2,12,16)(H2,13,15). The first-order valence-electron chi connectivity index (χ1n) is 5.22. The molecule has 18 heavy (non-hydrogen) atoms. The highest BCUT2D eigenvalue weighted by atomic mass is 16.5. The van der Waals surface area contributed by atoms with Crippen molar-refractivity contribution in [2.75, 3.05) is 13.7 Å².